The van der Waals surface area contributed by atoms with Gasteiger partial charge in [-0.1, -0.05) is 77.0 Å². The normalized spacial score (nSPS) is 12.7. The molecule has 144 valence electrons. The molecule has 0 fully saturated rings. The van der Waals surface area contributed by atoms with E-state index in [9.17, 15) is 0 Å². The highest BCUT2D eigenvalue weighted by molar-refractivity contribution is 5.57. The molecule has 0 amide bonds. The third kappa shape index (κ3) is 19.1. The number of nitrogens with zero attached hydrogens (tertiary/aromatic N) is 1. The summed E-state index contributed by atoms with van der Waals surface area (Å²) in [7, 11) is 0. The molecule has 0 saturated carbocycles. The lowest BCUT2D eigenvalue weighted by Crippen LogP contribution is -2.02. The number of aliphatic hydroxyl groups excluding tert-OH is 1. The number of aliphatic imine (C=N–C) groups is 1. The van der Waals surface area contributed by atoms with Crippen LogP contribution in [0.4, 0.5) is 0 Å². The summed E-state index contributed by atoms with van der Waals surface area (Å²) in [6.07, 6.45) is 25.4. The Bertz CT molecular complexity index is 366. The molecule has 0 aliphatic carbocycles. The van der Waals surface area contributed by atoms with Crippen molar-refractivity contribution in [3.05, 3.63) is 30.5 Å². The highest BCUT2D eigenvalue weighted by Gasteiger charge is 2.03. The smallest absolute Gasteiger partial charge is 0.0779 e. The summed E-state index contributed by atoms with van der Waals surface area (Å²) < 4.78 is 0. The van der Waals surface area contributed by atoms with Crippen LogP contribution in [0, 0.1) is 5.92 Å². The predicted octanol–water partition coefficient (Wildman–Crippen LogP) is 6.65. The van der Waals surface area contributed by atoms with Crippen LogP contribution < -0.4 is 0 Å². The Morgan fingerprint density at radius 2 is 1.52 bits per heavy atom. The largest absolute Gasteiger partial charge is 0.391 e. The molecule has 2 nitrogen and oxygen atoms in total. The molecular formula is C23H41NO. The van der Waals surface area contributed by atoms with Crippen molar-refractivity contribution in [3.63, 3.8) is 0 Å². The summed E-state index contributed by atoms with van der Waals surface area (Å²) in [5.74, 6) is 0.414. The van der Waals surface area contributed by atoms with E-state index in [0.717, 1.165) is 13.0 Å². The van der Waals surface area contributed by atoms with Gasteiger partial charge >= 0.3 is 0 Å². The van der Waals surface area contributed by atoms with Crippen LogP contribution in [0.3, 0.4) is 0 Å². The zero-order valence-electron chi connectivity index (χ0n) is 16.6. The number of allylic oxidation sites excluding steroid dienone is 2. The fourth-order valence-corrected chi connectivity index (χ4v) is 2.96. The van der Waals surface area contributed by atoms with Crippen LogP contribution in [0.5, 0.6) is 0 Å². The van der Waals surface area contributed by atoms with Crippen LogP contribution in [0.25, 0.3) is 0 Å². The van der Waals surface area contributed by atoms with Crippen molar-refractivity contribution in [2.24, 2.45) is 10.9 Å². The van der Waals surface area contributed by atoms with Crippen molar-refractivity contribution in [3.8, 4) is 0 Å². The van der Waals surface area contributed by atoms with Gasteiger partial charge in [0.05, 0.1) is 6.61 Å². The number of rotatable bonds is 18. The lowest BCUT2D eigenvalue weighted by atomic mass is 10.0. The van der Waals surface area contributed by atoms with E-state index in [1.807, 2.05) is 6.08 Å². The van der Waals surface area contributed by atoms with E-state index in [-0.39, 0.29) is 6.61 Å². The number of aliphatic hydroxyl groups is 1. The summed E-state index contributed by atoms with van der Waals surface area (Å²) in [6, 6.07) is 0. The predicted molar refractivity (Wildman–Crippen MR) is 112 cm³/mol. The van der Waals surface area contributed by atoms with Crippen LogP contribution in [-0.4, -0.2) is 24.5 Å². The molecule has 0 rings (SSSR count). The van der Waals surface area contributed by atoms with Crippen molar-refractivity contribution < 1.29 is 5.11 Å². The molecule has 0 aromatic heterocycles. The van der Waals surface area contributed by atoms with Crippen molar-refractivity contribution in [2.45, 2.75) is 90.4 Å². The molecule has 0 heterocycles. The van der Waals surface area contributed by atoms with Gasteiger partial charge in [0.25, 0.3) is 0 Å². The van der Waals surface area contributed by atoms with Gasteiger partial charge in [-0.3, -0.25) is 4.99 Å². The van der Waals surface area contributed by atoms with Crippen molar-refractivity contribution in [2.75, 3.05) is 13.2 Å². The van der Waals surface area contributed by atoms with Crippen molar-refractivity contribution in [1.82, 2.24) is 0 Å². The summed E-state index contributed by atoms with van der Waals surface area (Å²) in [5.41, 5.74) is 2.87. The van der Waals surface area contributed by atoms with Gasteiger partial charge in [-0.05, 0) is 38.2 Å². The van der Waals surface area contributed by atoms with E-state index in [0.29, 0.717) is 5.92 Å². The van der Waals surface area contributed by atoms with E-state index in [4.69, 9.17) is 5.11 Å². The molecule has 0 bridgehead atoms. The quantitative estimate of drug-likeness (QED) is 0.128. The van der Waals surface area contributed by atoms with Crippen LogP contribution in [0.2, 0.25) is 0 Å². The second-order valence-electron chi connectivity index (χ2n) is 6.88. The zero-order valence-corrected chi connectivity index (χ0v) is 16.6. The fraction of sp³-hybridized carbons (Fsp3) is 0.739. The van der Waals surface area contributed by atoms with E-state index >= 15 is 0 Å². The van der Waals surface area contributed by atoms with Crippen LogP contribution in [0.15, 0.2) is 35.5 Å². The van der Waals surface area contributed by atoms with Gasteiger partial charge in [-0.2, -0.15) is 0 Å². The third-order valence-corrected chi connectivity index (χ3v) is 4.49. The minimum absolute atomic E-state index is 0.0247. The van der Waals surface area contributed by atoms with Gasteiger partial charge in [0.1, 0.15) is 0 Å². The molecule has 0 aliphatic heterocycles. The number of hydrogen-bond acceptors (Lipinski definition) is 2. The van der Waals surface area contributed by atoms with Gasteiger partial charge in [-0.25, -0.2) is 0 Å². The summed E-state index contributed by atoms with van der Waals surface area (Å²) >= 11 is 0. The first-order chi connectivity index (χ1) is 12.3. The third-order valence-electron chi connectivity index (χ3n) is 4.49. The first-order valence-corrected chi connectivity index (χ1v) is 10.4. The average molecular weight is 348 g/mol. The van der Waals surface area contributed by atoms with Gasteiger partial charge in [-0.15, -0.1) is 5.73 Å². The molecule has 1 unspecified atom stereocenters. The second kappa shape index (κ2) is 20.9. The average Bonchev–Trinajstić information content (AvgIpc) is 2.62. The first-order valence-electron chi connectivity index (χ1n) is 10.4. The highest BCUT2D eigenvalue weighted by atomic mass is 16.2. The Balaban J connectivity index is 3.45. The van der Waals surface area contributed by atoms with Crippen molar-refractivity contribution >= 4 is 6.21 Å². The summed E-state index contributed by atoms with van der Waals surface area (Å²) in [6.45, 7) is 6.69. The Morgan fingerprint density at radius 1 is 0.920 bits per heavy atom. The standard InChI is InChI=1S/C23H41NO/c1-3-5-6-7-8-9-10-11-12-13-14-15-16-17-19-23(18-4-2)22-24-20-21-25/h11-12,18,20,23,25H,2-3,5-10,13-17,19,21-22H2,1H3/b12-11-,24-20?. The topological polar surface area (TPSA) is 32.6 Å². The molecule has 1 N–H and O–H groups in total. The Labute approximate surface area is 156 Å². The van der Waals surface area contributed by atoms with Gasteiger partial charge in [0.2, 0.25) is 0 Å². The van der Waals surface area contributed by atoms with E-state index in [1.165, 1.54) is 77.0 Å². The van der Waals surface area contributed by atoms with Crippen LogP contribution in [-0.2, 0) is 0 Å². The second-order valence-corrected chi connectivity index (χ2v) is 6.88. The Hall–Kier alpha value is -1.11. The minimum Gasteiger partial charge on any atom is -0.391 e. The molecular weight excluding hydrogens is 306 g/mol. The molecule has 1 atom stereocenters. The lowest BCUT2D eigenvalue weighted by Gasteiger charge is -2.08. The van der Waals surface area contributed by atoms with Gasteiger partial charge in [0, 0.05) is 18.7 Å². The molecule has 0 saturated heterocycles. The van der Waals surface area contributed by atoms with Crippen molar-refractivity contribution in [1.29, 1.82) is 0 Å². The first kappa shape index (κ1) is 23.9. The van der Waals surface area contributed by atoms with Gasteiger partial charge in [0.15, 0.2) is 0 Å². The van der Waals surface area contributed by atoms with E-state index in [1.54, 1.807) is 6.21 Å². The molecule has 0 aromatic rings. The van der Waals surface area contributed by atoms with Gasteiger partial charge < -0.3 is 5.11 Å². The molecule has 0 radical (unpaired) electrons. The fourth-order valence-electron chi connectivity index (χ4n) is 2.96. The maximum absolute atomic E-state index is 8.72. The lowest BCUT2D eigenvalue weighted by molar-refractivity contribution is 0.361. The number of unbranched alkanes of at least 4 members (excludes halogenated alkanes) is 10. The monoisotopic (exact) mass is 347 g/mol. The zero-order chi connectivity index (χ0) is 18.4. The summed E-state index contributed by atoms with van der Waals surface area (Å²) in [4.78, 5) is 4.21. The molecule has 0 aliphatic rings. The van der Waals surface area contributed by atoms with E-state index in [2.05, 4.69) is 36.4 Å². The van der Waals surface area contributed by atoms with E-state index < -0.39 is 0 Å². The minimum atomic E-state index is 0.0247. The summed E-state index contributed by atoms with van der Waals surface area (Å²) in [5, 5.41) is 8.72. The number of hydrogen-bond donors (Lipinski definition) is 1. The Kier molecular flexibility index (Phi) is 20.0. The molecule has 0 spiro atoms. The molecule has 25 heavy (non-hydrogen) atoms. The maximum atomic E-state index is 8.72. The highest BCUT2D eigenvalue weighted by Crippen LogP contribution is 2.14. The van der Waals surface area contributed by atoms with Crippen LogP contribution in [0.1, 0.15) is 90.4 Å². The maximum Gasteiger partial charge on any atom is 0.0779 e. The SMILES string of the molecule is C=C=CC(CCCCCC/C=C\CCCCCCCC)CN=CCO. The molecule has 0 aromatic carbocycles. The molecule has 2 heteroatoms. The Morgan fingerprint density at radius 3 is 2.12 bits per heavy atom. The van der Waals surface area contributed by atoms with Crippen LogP contribution >= 0.6 is 0 Å².